The Morgan fingerprint density at radius 2 is 1.68 bits per heavy atom. The first-order valence-corrected chi connectivity index (χ1v) is 8.27. The van der Waals surface area contributed by atoms with Crippen LogP contribution in [-0.2, 0) is 4.79 Å². The summed E-state index contributed by atoms with van der Waals surface area (Å²) in [7, 11) is 0. The van der Waals surface area contributed by atoms with E-state index in [-0.39, 0.29) is 5.92 Å². The maximum Gasteiger partial charge on any atom is 0.306 e. The highest BCUT2D eigenvalue weighted by Gasteiger charge is 2.22. The Bertz CT molecular complexity index is 225. The Balaban J connectivity index is 4.29. The zero-order valence-corrected chi connectivity index (χ0v) is 13.5. The number of hydrogen-bond acceptors (Lipinski definition) is 1. The zero-order valence-electron chi connectivity index (χ0n) is 13.5. The van der Waals surface area contributed by atoms with Gasteiger partial charge in [0.1, 0.15) is 0 Å². The summed E-state index contributed by atoms with van der Waals surface area (Å²) in [6, 6.07) is 0. The van der Waals surface area contributed by atoms with E-state index < -0.39 is 5.97 Å². The van der Waals surface area contributed by atoms with Crippen molar-refractivity contribution in [2.24, 2.45) is 17.8 Å². The Labute approximate surface area is 120 Å². The van der Waals surface area contributed by atoms with Crippen LogP contribution in [-0.4, -0.2) is 11.1 Å². The first-order valence-electron chi connectivity index (χ1n) is 8.27. The van der Waals surface area contributed by atoms with Gasteiger partial charge >= 0.3 is 5.97 Å². The molecule has 0 bridgehead atoms. The molecule has 0 fully saturated rings. The molecule has 114 valence electrons. The van der Waals surface area contributed by atoms with Crippen LogP contribution in [0.25, 0.3) is 0 Å². The van der Waals surface area contributed by atoms with Gasteiger partial charge in [-0.1, -0.05) is 66.2 Å². The second-order valence-electron chi connectivity index (χ2n) is 6.16. The number of carbonyl (C=O) groups is 1. The van der Waals surface area contributed by atoms with Crippen LogP contribution in [0.5, 0.6) is 0 Å². The molecule has 0 aromatic heterocycles. The number of aliphatic carboxylic acids is 1. The molecule has 0 aliphatic rings. The molecule has 0 saturated carbocycles. The summed E-state index contributed by atoms with van der Waals surface area (Å²) >= 11 is 0. The topological polar surface area (TPSA) is 37.3 Å². The number of unbranched alkanes of at least 4 members (excludes halogenated alkanes) is 1. The summed E-state index contributed by atoms with van der Waals surface area (Å²) in [6.07, 6.45) is 9.97. The fourth-order valence-corrected chi connectivity index (χ4v) is 2.72. The van der Waals surface area contributed by atoms with Gasteiger partial charge in [-0.25, -0.2) is 0 Å². The molecule has 2 heteroatoms. The van der Waals surface area contributed by atoms with Gasteiger partial charge in [0, 0.05) is 0 Å². The molecular formula is C17H34O2. The molecule has 0 saturated heterocycles. The van der Waals surface area contributed by atoms with Crippen molar-refractivity contribution in [1.29, 1.82) is 0 Å². The third kappa shape index (κ3) is 9.07. The molecule has 2 nitrogen and oxygen atoms in total. The third-order valence-corrected chi connectivity index (χ3v) is 4.33. The van der Waals surface area contributed by atoms with Crippen molar-refractivity contribution in [3.63, 3.8) is 0 Å². The molecule has 0 aliphatic carbocycles. The fraction of sp³-hybridized carbons (Fsp3) is 0.941. The first-order chi connectivity index (χ1) is 9.04. The summed E-state index contributed by atoms with van der Waals surface area (Å²) in [5, 5.41) is 9.40. The summed E-state index contributed by atoms with van der Waals surface area (Å²) in [4.78, 5) is 11.4. The lowest BCUT2D eigenvalue weighted by atomic mass is 9.84. The molecule has 0 aromatic rings. The molecule has 0 aromatic carbocycles. The molecule has 19 heavy (non-hydrogen) atoms. The van der Waals surface area contributed by atoms with Gasteiger partial charge in [-0.2, -0.15) is 0 Å². The number of rotatable bonds is 12. The Morgan fingerprint density at radius 3 is 2.16 bits per heavy atom. The minimum atomic E-state index is -0.582. The maximum absolute atomic E-state index is 11.4. The minimum absolute atomic E-state index is 0.123. The average molecular weight is 270 g/mol. The van der Waals surface area contributed by atoms with E-state index in [0.29, 0.717) is 11.8 Å². The van der Waals surface area contributed by atoms with Crippen molar-refractivity contribution in [2.75, 3.05) is 0 Å². The molecule has 0 heterocycles. The van der Waals surface area contributed by atoms with E-state index in [1.165, 1.54) is 32.1 Å². The van der Waals surface area contributed by atoms with Crippen LogP contribution in [0, 0.1) is 17.8 Å². The van der Waals surface area contributed by atoms with E-state index in [1.807, 2.05) is 0 Å². The second kappa shape index (κ2) is 11.3. The Morgan fingerprint density at radius 1 is 1.00 bits per heavy atom. The Kier molecular flexibility index (Phi) is 11.0. The highest BCUT2D eigenvalue weighted by atomic mass is 16.4. The minimum Gasteiger partial charge on any atom is -0.481 e. The molecule has 0 aliphatic heterocycles. The summed E-state index contributed by atoms with van der Waals surface area (Å²) in [6.45, 7) is 8.82. The third-order valence-electron chi connectivity index (χ3n) is 4.33. The fourth-order valence-electron chi connectivity index (χ4n) is 2.72. The normalized spacial score (nSPS) is 16.0. The lowest BCUT2D eigenvalue weighted by Crippen LogP contribution is -2.19. The lowest BCUT2D eigenvalue weighted by Gasteiger charge is -2.21. The van der Waals surface area contributed by atoms with Gasteiger partial charge in [-0.15, -0.1) is 0 Å². The largest absolute Gasteiger partial charge is 0.481 e. The summed E-state index contributed by atoms with van der Waals surface area (Å²) < 4.78 is 0. The van der Waals surface area contributed by atoms with Gasteiger partial charge in [0.2, 0.25) is 0 Å². The maximum atomic E-state index is 11.4. The van der Waals surface area contributed by atoms with Crippen molar-refractivity contribution in [1.82, 2.24) is 0 Å². The van der Waals surface area contributed by atoms with E-state index >= 15 is 0 Å². The highest BCUT2D eigenvalue weighted by molar-refractivity contribution is 5.69. The monoisotopic (exact) mass is 270 g/mol. The standard InChI is InChI=1S/C17H34O2/c1-5-8-10-15(9-6-2)13-16(17(18)19)12-11-14(4)7-3/h14-16H,5-13H2,1-4H3,(H,18,19). The van der Waals surface area contributed by atoms with Crippen LogP contribution in [0.3, 0.4) is 0 Å². The highest BCUT2D eigenvalue weighted by Crippen LogP contribution is 2.27. The van der Waals surface area contributed by atoms with Crippen molar-refractivity contribution >= 4 is 5.97 Å². The molecule has 0 radical (unpaired) electrons. The van der Waals surface area contributed by atoms with Crippen LogP contribution in [0.15, 0.2) is 0 Å². The molecule has 3 unspecified atom stereocenters. The molecule has 0 amide bonds. The van der Waals surface area contributed by atoms with Gasteiger partial charge < -0.3 is 5.11 Å². The van der Waals surface area contributed by atoms with Crippen LogP contribution in [0.2, 0.25) is 0 Å². The molecule has 0 spiro atoms. The summed E-state index contributed by atoms with van der Waals surface area (Å²) in [5.41, 5.74) is 0. The molecule has 0 rings (SSSR count). The van der Waals surface area contributed by atoms with E-state index in [1.54, 1.807) is 0 Å². The van der Waals surface area contributed by atoms with E-state index in [4.69, 9.17) is 0 Å². The van der Waals surface area contributed by atoms with Gasteiger partial charge in [-0.3, -0.25) is 4.79 Å². The van der Waals surface area contributed by atoms with Crippen molar-refractivity contribution in [3.05, 3.63) is 0 Å². The van der Waals surface area contributed by atoms with Crippen LogP contribution < -0.4 is 0 Å². The molecule has 1 N–H and O–H groups in total. The SMILES string of the molecule is CCCCC(CCC)CC(CCC(C)CC)C(=O)O. The smallest absolute Gasteiger partial charge is 0.306 e. The number of hydrogen-bond donors (Lipinski definition) is 1. The number of carboxylic acids is 1. The van der Waals surface area contributed by atoms with Crippen molar-refractivity contribution in [2.45, 2.75) is 85.5 Å². The van der Waals surface area contributed by atoms with Gasteiger partial charge in [-0.05, 0) is 31.1 Å². The van der Waals surface area contributed by atoms with Crippen LogP contribution >= 0.6 is 0 Å². The van der Waals surface area contributed by atoms with Gasteiger partial charge in [0.25, 0.3) is 0 Å². The van der Waals surface area contributed by atoms with Crippen LogP contribution in [0.4, 0.5) is 0 Å². The number of carboxylic acid groups (broad SMARTS) is 1. The van der Waals surface area contributed by atoms with Gasteiger partial charge in [0.15, 0.2) is 0 Å². The predicted molar refractivity (Wildman–Crippen MR) is 82.4 cm³/mol. The predicted octanol–water partition coefficient (Wildman–Crippen LogP) is 5.51. The second-order valence-corrected chi connectivity index (χ2v) is 6.16. The quantitative estimate of drug-likeness (QED) is 0.507. The van der Waals surface area contributed by atoms with Gasteiger partial charge in [0.05, 0.1) is 5.92 Å². The zero-order chi connectivity index (χ0) is 14.7. The van der Waals surface area contributed by atoms with E-state index in [9.17, 15) is 9.90 Å². The van der Waals surface area contributed by atoms with Crippen LogP contribution in [0.1, 0.15) is 85.5 Å². The average Bonchev–Trinajstić information content (AvgIpc) is 2.39. The summed E-state index contributed by atoms with van der Waals surface area (Å²) in [5.74, 6) is 0.563. The van der Waals surface area contributed by atoms with Crippen molar-refractivity contribution < 1.29 is 9.90 Å². The molecule has 3 atom stereocenters. The first kappa shape index (κ1) is 18.5. The van der Waals surface area contributed by atoms with Crippen molar-refractivity contribution in [3.8, 4) is 0 Å². The van der Waals surface area contributed by atoms with E-state index in [0.717, 1.165) is 25.7 Å². The van der Waals surface area contributed by atoms with E-state index in [2.05, 4.69) is 27.7 Å². The molecular weight excluding hydrogens is 236 g/mol. The lowest BCUT2D eigenvalue weighted by molar-refractivity contribution is -0.142. The Hall–Kier alpha value is -0.530.